The van der Waals surface area contributed by atoms with E-state index in [1.807, 2.05) is 22.9 Å². The quantitative estimate of drug-likeness (QED) is 0.672. The molecule has 31 heavy (non-hydrogen) atoms. The van der Waals surface area contributed by atoms with Crippen molar-refractivity contribution in [3.05, 3.63) is 69.8 Å². The number of carboxylic acid groups (broad SMARTS) is 1. The van der Waals surface area contributed by atoms with E-state index < -0.39 is 11.4 Å². The highest BCUT2D eigenvalue weighted by atomic mass is 16.5. The molecule has 6 heteroatoms. The number of rotatable bonds is 2. The normalized spacial score (nSPS) is 16.8. The first kappa shape index (κ1) is 19.5. The summed E-state index contributed by atoms with van der Waals surface area (Å²) in [7, 11) is 0. The Morgan fingerprint density at radius 3 is 2.71 bits per heavy atom. The average molecular weight is 416 g/mol. The Bertz CT molecular complexity index is 1270. The molecule has 0 saturated carbocycles. The van der Waals surface area contributed by atoms with Gasteiger partial charge in [0.25, 0.3) is 0 Å². The molecule has 0 bridgehead atoms. The molecule has 0 spiro atoms. The zero-order valence-corrected chi connectivity index (χ0v) is 17.8. The lowest BCUT2D eigenvalue weighted by molar-refractivity contribution is 0.0693. The third-order valence-corrected chi connectivity index (χ3v) is 6.39. The van der Waals surface area contributed by atoms with Gasteiger partial charge in [0, 0.05) is 59.4 Å². The molecule has 5 rings (SSSR count). The van der Waals surface area contributed by atoms with E-state index in [1.54, 1.807) is 6.20 Å². The second kappa shape index (κ2) is 6.80. The van der Waals surface area contributed by atoms with E-state index in [-0.39, 0.29) is 17.0 Å². The standard InChI is InChI=1S/C25H24N2O4/c1-25(2,3)22-10-17-15-6-8-31-23(15)16(14-5-4-7-26-12-14)9-18(17)20-11-21(28)19(24(29)30)13-27(20)22/h4-5,7,9,11-13,22H,6,8,10H2,1-3H3,(H,29,30). The van der Waals surface area contributed by atoms with Gasteiger partial charge in [-0.3, -0.25) is 9.78 Å². The average Bonchev–Trinajstić information content (AvgIpc) is 3.22. The zero-order valence-electron chi connectivity index (χ0n) is 17.8. The molecule has 0 amide bonds. The Balaban J connectivity index is 1.83. The number of pyridine rings is 2. The first-order valence-electron chi connectivity index (χ1n) is 10.5. The van der Waals surface area contributed by atoms with Crippen LogP contribution in [0.4, 0.5) is 0 Å². The first-order valence-corrected chi connectivity index (χ1v) is 10.5. The number of carboxylic acids is 1. The number of carbonyl (C=O) groups is 1. The summed E-state index contributed by atoms with van der Waals surface area (Å²) in [5.41, 5.74) is 5.22. The molecule has 1 unspecified atom stereocenters. The van der Waals surface area contributed by atoms with Crippen LogP contribution in [0.25, 0.3) is 22.4 Å². The van der Waals surface area contributed by atoms with Gasteiger partial charge in [0.2, 0.25) is 0 Å². The number of fused-ring (bicyclic) bond motifs is 5. The van der Waals surface area contributed by atoms with E-state index in [0.29, 0.717) is 6.61 Å². The topological polar surface area (TPSA) is 81.4 Å². The molecule has 2 aliphatic rings. The van der Waals surface area contributed by atoms with Crippen LogP contribution in [-0.4, -0.2) is 27.2 Å². The van der Waals surface area contributed by atoms with E-state index in [9.17, 15) is 14.7 Å². The van der Waals surface area contributed by atoms with E-state index in [2.05, 4.69) is 31.8 Å². The van der Waals surface area contributed by atoms with Gasteiger partial charge in [-0.2, -0.15) is 0 Å². The molecule has 0 radical (unpaired) electrons. The molecular weight excluding hydrogens is 392 g/mol. The molecule has 1 N–H and O–H groups in total. The third-order valence-electron chi connectivity index (χ3n) is 6.39. The molecule has 0 fully saturated rings. The van der Waals surface area contributed by atoms with Crippen LogP contribution >= 0.6 is 0 Å². The van der Waals surface area contributed by atoms with E-state index >= 15 is 0 Å². The minimum absolute atomic E-state index is 0.0163. The van der Waals surface area contributed by atoms with Crippen molar-refractivity contribution in [2.45, 2.75) is 39.7 Å². The zero-order chi connectivity index (χ0) is 21.9. The molecule has 2 aromatic heterocycles. The number of nitrogens with zero attached hydrogens (tertiary/aromatic N) is 2. The predicted molar refractivity (Wildman–Crippen MR) is 118 cm³/mol. The summed E-state index contributed by atoms with van der Waals surface area (Å²) in [5, 5.41) is 9.53. The van der Waals surface area contributed by atoms with Gasteiger partial charge < -0.3 is 14.4 Å². The van der Waals surface area contributed by atoms with Crippen LogP contribution in [0.1, 0.15) is 48.3 Å². The number of aromatic carboxylic acids is 1. The van der Waals surface area contributed by atoms with Crippen molar-refractivity contribution in [1.29, 1.82) is 0 Å². The molecule has 6 nitrogen and oxygen atoms in total. The lowest BCUT2D eigenvalue weighted by Gasteiger charge is -2.39. The molecule has 0 saturated heterocycles. The van der Waals surface area contributed by atoms with Crippen molar-refractivity contribution < 1.29 is 14.6 Å². The molecule has 158 valence electrons. The molecule has 4 heterocycles. The maximum Gasteiger partial charge on any atom is 0.341 e. The minimum atomic E-state index is -1.20. The van der Waals surface area contributed by atoms with Crippen molar-refractivity contribution in [3.63, 3.8) is 0 Å². The van der Waals surface area contributed by atoms with Gasteiger partial charge >= 0.3 is 5.97 Å². The highest BCUT2D eigenvalue weighted by Gasteiger charge is 2.36. The molecule has 0 aliphatic carbocycles. The summed E-state index contributed by atoms with van der Waals surface area (Å²) in [6, 6.07) is 7.46. The maximum absolute atomic E-state index is 12.7. The lowest BCUT2D eigenvalue weighted by Crippen LogP contribution is -2.33. The number of benzene rings is 1. The van der Waals surface area contributed by atoms with Crippen molar-refractivity contribution in [2.75, 3.05) is 6.61 Å². The Morgan fingerprint density at radius 1 is 1.23 bits per heavy atom. The summed E-state index contributed by atoms with van der Waals surface area (Å²) in [4.78, 5) is 28.6. The monoisotopic (exact) mass is 416 g/mol. The Kier molecular flexibility index (Phi) is 4.29. The van der Waals surface area contributed by atoms with Gasteiger partial charge in [-0.05, 0) is 29.5 Å². The number of aromatic nitrogens is 2. The van der Waals surface area contributed by atoms with Crippen LogP contribution in [0.3, 0.4) is 0 Å². The SMILES string of the molecule is CC(C)(C)C1Cc2c(cc(-c3cccnc3)c3c2CCO3)-c2cc(=O)c(C(=O)O)cn21. The fraction of sp³-hybridized carbons (Fsp3) is 0.320. The molecule has 3 aromatic rings. The van der Waals surface area contributed by atoms with Crippen LogP contribution in [0.2, 0.25) is 0 Å². The fourth-order valence-corrected chi connectivity index (χ4v) is 4.84. The molecule has 1 atom stereocenters. The maximum atomic E-state index is 12.7. The number of ether oxygens (including phenoxy) is 1. The van der Waals surface area contributed by atoms with Gasteiger partial charge in [-0.25, -0.2) is 4.79 Å². The number of hydrogen-bond donors (Lipinski definition) is 1. The summed E-state index contributed by atoms with van der Waals surface area (Å²) in [6.45, 7) is 7.06. The smallest absolute Gasteiger partial charge is 0.341 e. The van der Waals surface area contributed by atoms with Crippen molar-refractivity contribution in [1.82, 2.24) is 9.55 Å². The van der Waals surface area contributed by atoms with Gasteiger partial charge in [-0.1, -0.05) is 26.8 Å². The number of hydrogen-bond acceptors (Lipinski definition) is 4. The largest absolute Gasteiger partial charge is 0.492 e. The van der Waals surface area contributed by atoms with Crippen LogP contribution in [0.15, 0.2) is 47.7 Å². The minimum Gasteiger partial charge on any atom is -0.492 e. The van der Waals surface area contributed by atoms with E-state index in [4.69, 9.17) is 4.74 Å². The summed E-state index contributed by atoms with van der Waals surface area (Å²) in [5.74, 6) is -0.297. The highest BCUT2D eigenvalue weighted by molar-refractivity contribution is 5.88. The van der Waals surface area contributed by atoms with E-state index in [1.165, 1.54) is 23.4 Å². The lowest BCUT2D eigenvalue weighted by atomic mass is 9.76. The summed E-state index contributed by atoms with van der Waals surface area (Å²) >= 11 is 0. The second-order valence-corrected chi connectivity index (χ2v) is 9.33. The molecule has 1 aromatic carbocycles. The van der Waals surface area contributed by atoms with Crippen molar-refractivity contribution >= 4 is 5.97 Å². The Hall–Kier alpha value is -3.41. The van der Waals surface area contributed by atoms with Crippen LogP contribution in [0, 0.1) is 5.41 Å². The van der Waals surface area contributed by atoms with Gasteiger partial charge in [-0.15, -0.1) is 0 Å². The summed E-state index contributed by atoms with van der Waals surface area (Å²) in [6.07, 6.45) is 6.64. The molecule has 2 aliphatic heterocycles. The van der Waals surface area contributed by atoms with Crippen molar-refractivity contribution in [3.8, 4) is 28.1 Å². The van der Waals surface area contributed by atoms with Gasteiger partial charge in [0.15, 0.2) is 5.43 Å². The highest BCUT2D eigenvalue weighted by Crippen LogP contribution is 2.49. The Labute approximate surface area is 180 Å². The first-order chi connectivity index (χ1) is 14.8. The fourth-order valence-electron chi connectivity index (χ4n) is 4.84. The molecular formula is C25H24N2O4. The predicted octanol–water partition coefficient (Wildman–Crippen LogP) is 4.35. The van der Waals surface area contributed by atoms with Crippen LogP contribution in [-0.2, 0) is 12.8 Å². The Morgan fingerprint density at radius 2 is 2.03 bits per heavy atom. The van der Waals surface area contributed by atoms with E-state index in [0.717, 1.165) is 41.0 Å². The van der Waals surface area contributed by atoms with Crippen LogP contribution in [0.5, 0.6) is 5.75 Å². The third kappa shape index (κ3) is 3.05. The van der Waals surface area contributed by atoms with Crippen molar-refractivity contribution in [2.24, 2.45) is 5.41 Å². The summed E-state index contributed by atoms with van der Waals surface area (Å²) < 4.78 is 8.05. The second-order valence-electron chi connectivity index (χ2n) is 9.33. The van der Waals surface area contributed by atoms with Gasteiger partial charge in [0.05, 0.1) is 12.3 Å². The van der Waals surface area contributed by atoms with Gasteiger partial charge in [0.1, 0.15) is 11.3 Å². The van der Waals surface area contributed by atoms with Crippen LogP contribution < -0.4 is 10.2 Å².